The Balaban J connectivity index is 2.60. The summed E-state index contributed by atoms with van der Waals surface area (Å²) >= 11 is 0. The molecule has 1 nitrogen and oxygen atoms in total. The molecule has 0 saturated carbocycles. The molecule has 62 valence electrons. The summed E-state index contributed by atoms with van der Waals surface area (Å²) in [6, 6.07) is 8.36. The molecule has 1 aromatic heterocycles. The summed E-state index contributed by atoms with van der Waals surface area (Å²) in [6.45, 7) is 4.37. The van der Waals surface area contributed by atoms with Crippen LogP contribution in [0.25, 0.3) is 11.0 Å². The van der Waals surface area contributed by atoms with E-state index in [4.69, 9.17) is 4.42 Å². The van der Waals surface area contributed by atoms with Gasteiger partial charge in [0, 0.05) is 5.39 Å². The lowest BCUT2D eigenvalue weighted by Gasteiger charge is -2.03. The van der Waals surface area contributed by atoms with Crippen LogP contribution in [0.15, 0.2) is 34.9 Å². The molecule has 0 spiro atoms. The quantitative estimate of drug-likeness (QED) is 0.621. The molecule has 1 heterocycles. The van der Waals surface area contributed by atoms with E-state index < -0.39 is 0 Å². The van der Waals surface area contributed by atoms with Gasteiger partial charge < -0.3 is 4.42 Å². The number of benzene rings is 1. The van der Waals surface area contributed by atoms with Gasteiger partial charge in [-0.25, -0.2) is 0 Å². The van der Waals surface area contributed by atoms with Crippen molar-refractivity contribution in [2.75, 3.05) is 0 Å². The van der Waals surface area contributed by atoms with Gasteiger partial charge in [-0.15, -0.1) is 0 Å². The van der Waals surface area contributed by atoms with Crippen LogP contribution in [0.4, 0.5) is 0 Å². The zero-order valence-corrected chi connectivity index (χ0v) is 7.37. The van der Waals surface area contributed by atoms with E-state index >= 15 is 0 Å². The van der Waals surface area contributed by atoms with Crippen LogP contribution in [0.3, 0.4) is 0 Å². The highest BCUT2D eigenvalue weighted by Gasteiger charge is 2.01. The summed E-state index contributed by atoms with van der Waals surface area (Å²) in [7, 11) is 0. The van der Waals surface area contributed by atoms with Crippen molar-refractivity contribution < 1.29 is 4.42 Å². The molecule has 0 N–H and O–H groups in total. The van der Waals surface area contributed by atoms with Gasteiger partial charge >= 0.3 is 0 Å². The van der Waals surface area contributed by atoms with Gasteiger partial charge in [-0.05, 0) is 23.6 Å². The first kappa shape index (κ1) is 7.41. The number of fused-ring (bicyclic) bond motifs is 1. The van der Waals surface area contributed by atoms with Crippen molar-refractivity contribution in [1.29, 1.82) is 0 Å². The van der Waals surface area contributed by atoms with Crippen LogP contribution in [0.2, 0.25) is 0 Å². The van der Waals surface area contributed by atoms with Crippen molar-refractivity contribution in [2.45, 2.75) is 19.8 Å². The monoisotopic (exact) mass is 160 g/mol. The van der Waals surface area contributed by atoms with E-state index in [1.54, 1.807) is 6.26 Å². The zero-order valence-electron chi connectivity index (χ0n) is 7.37. The molecule has 2 aromatic rings. The van der Waals surface area contributed by atoms with Gasteiger partial charge in [0.25, 0.3) is 0 Å². The Morgan fingerprint density at radius 1 is 1.17 bits per heavy atom. The SMILES string of the molecule is CC(C)c1ccc2ccoc2c1. The van der Waals surface area contributed by atoms with Gasteiger partial charge in [0.05, 0.1) is 6.26 Å². The number of rotatable bonds is 1. The molecule has 12 heavy (non-hydrogen) atoms. The van der Waals surface area contributed by atoms with E-state index in [1.807, 2.05) is 6.07 Å². The van der Waals surface area contributed by atoms with Gasteiger partial charge in [0.1, 0.15) is 5.58 Å². The van der Waals surface area contributed by atoms with Crippen molar-refractivity contribution in [1.82, 2.24) is 0 Å². The van der Waals surface area contributed by atoms with Crippen molar-refractivity contribution in [2.24, 2.45) is 0 Å². The number of furan rings is 1. The second-order valence-electron chi connectivity index (χ2n) is 3.37. The van der Waals surface area contributed by atoms with Gasteiger partial charge in [0.2, 0.25) is 0 Å². The third-order valence-electron chi connectivity index (χ3n) is 2.15. The first-order valence-corrected chi connectivity index (χ1v) is 4.24. The van der Waals surface area contributed by atoms with Crippen molar-refractivity contribution in [3.8, 4) is 0 Å². The highest BCUT2D eigenvalue weighted by atomic mass is 16.3. The van der Waals surface area contributed by atoms with Crippen LogP contribution in [-0.4, -0.2) is 0 Å². The molecule has 1 aromatic carbocycles. The molecular formula is C11H12O. The molecule has 0 amide bonds. The first-order chi connectivity index (χ1) is 5.77. The lowest BCUT2D eigenvalue weighted by Crippen LogP contribution is -1.84. The van der Waals surface area contributed by atoms with Crippen LogP contribution in [0.1, 0.15) is 25.3 Å². The maximum Gasteiger partial charge on any atom is 0.134 e. The summed E-state index contributed by atoms with van der Waals surface area (Å²) in [5, 5.41) is 1.18. The van der Waals surface area contributed by atoms with Crippen molar-refractivity contribution in [3.63, 3.8) is 0 Å². The predicted octanol–water partition coefficient (Wildman–Crippen LogP) is 3.56. The highest BCUT2D eigenvalue weighted by molar-refractivity contribution is 5.77. The molecule has 0 atom stereocenters. The topological polar surface area (TPSA) is 13.1 Å². The predicted molar refractivity (Wildman–Crippen MR) is 50.3 cm³/mol. The van der Waals surface area contributed by atoms with E-state index in [9.17, 15) is 0 Å². The normalized spacial score (nSPS) is 11.2. The Hall–Kier alpha value is -1.24. The van der Waals surface area contributed by atoms with Crippen molar-refractivity contribution in [3.05, 3.63) is 36.1 Å². The molecule has 0 fully saturated rings. The smallest absolute Gasteiger partial charge is 0.134 e. The molecule has 0 unspecified atom stereocenters. The number of hydrogen-bond acceptors (Lipinski definition) is 1. The lowest BCUT2D eigenvalue weighted by molar-refractivity contribution is 0.615. The molecule has 0 radical (unpaired) electrons. The fourth-order valence-corrected chi connectivity index (χ4v) is 1.33. The minimum atomic E-state index is 0.569. The minimum absolute atomic E-state index is 0.569. The standard InChI is InChI=1S/C11H12O/c1-8(2)10-4-3-9-5-6-12-11(9)7-10/h3-8H,1-2H3. The van der Waals surface area contributed by atoms with Gasteiger partial charge in [-0.3, -0.25) is 0 Å². The Morgan fingerprint density at radius 3 is 2.75 bits per heavy atom. The van der Waals surface area contributed by atoms with Gasteiger partial charge in [-0.2, -0.15) is 0 Å². The van der Waals surface area contributed by atoms with E-state index in [-0.39, 0.29) is 0 Å². The van der Waals surface area contributed by atoms with Crippen LogP contribution in [0, 0.1) is 0 Å². The molecule has 0 saturated heterocycles. The van der Waals surface area contributed by atoms with Crippen LogP contribution >= 0.6 is 0 Å². The summed E-state index contributed by atoms with van der Waals surface area (Å²) in [5.74, 6) is 0.569. The van der Waals surface area contributed by atoms with E-state index in [0.717, 1.165) is 5.58 Å². The minimum Gasteiger partial charge on any atom is -0.464 e. The number of hydrogen-bond donors (Lipinski definition) is 0. The van der Waals surface area contributed by atoms with Crippen LogP contribution < -0.4 is 0 Å². The summed E-state index contributed by atoms with van der Waals surface area (Å²) < 4.78 is 5.31. The molecule has 2 rings (SSSR count). The average molecular weight is 160 g/mol. The molecule has 0 bridgehead atoms. The molecule has 0 aliphatic carbocycles. The van der Waals surface area contributed by atoms with Gasteiger partial charge in [-0.1, -0.05) is 26.0 Å². The third-order valence-corrected chi connectivity index (χ3v) is 2.15. The largest absolute Gasteiger partial charge is 0.464 e. The van der Waals surface area contributed by atoms with Crippen LogP contribution in [-0.2, 0) is 0 Å². The fourth-order valence-electron chi connectivity index (χ4n) is 1.33. The second kappa shape index (κ2) is 2.67. The Morgan fingerprint density at radius 2 is 2.00 bits per heavy atom. The fraction of sp³-hybridized carbons (Fsp3) is 0.273. The summed E-state index contributed by atoms with van der Waals surface area (Å²) in [6.07, 6.45) is 1.73. The maximum atomic E-state index is 5.31. The Labute approximate surface area is 72.0 Å². The van der Waals surface area contributed by atoms with E-state index in [0.29, 0.717) is 5.92 Å². The molecule has 0 aliphatic rings. The second-order valence-corrected chi connectivity index (χ2v) is 3.37. The molecule has 1 heteroatoms. The van der Waals surface area contributed by atoms with Crippen molar-refractivity contribution >= 4 is 11.0 Å². The van der Waals surface area contributed by atoms with Gasteiger partial charge in [0.15, 0.2) is 0 Å². The third kappa shape index (κ3) is 1.11. The Bertz CT molecular complexity index is 385. The Kier molecular flexibility index (Phi) is 1.65. The average Bonchev–Trinajstić information content (AvgIpc) is 2.49. The summed E-state index contributed by atoms with van der Waals surface area (Å²) in [4.78, 5) is 0. The highest BCUT2D eigenvalue weighted by Crippen LogP contribution is 2.21. The molecule has 0 aliphatic heterocycles. The molecular weight excluding hydrogens is 148 g/mol. The maximum absolute atomic E-state index is 5.31. The summed E-state index contributed by atoms with van der Waals surface area (Å²) in [5.41, 5.74) is 2.32. The van der Waals surface area contributed by atoms with Crippen LogP contribution in [0.5, 0.6) is 0 Å². The lowest BCUT2D eigenvalue weighted by atomic mass is 10.0. The van der Waals surface area contributed by atoms with E-state index in [1.165, 1.54) is 10.9 Å². The first-order valence-electron chi connectivity index (χ1n) is 4.24. The zero-order chi connectivity index (χ0) is 8.55. The van der Waals surface area contributed by atoms with E-state index in [2.05, 4.69) is 32.0 Å².